The Morgan fingerprint density at radius 1 is 1.16 bits per heavy atom. The van der Waals surface area contributed by atoms with Gasteiger partial charge in [0.1, 0.15) is 0 Å². The molecule has 0 aromatic rings. The first kappa shape index (κ1) is 18.3. The van der Waals surface area contributed by atoms with Gasteiger partial charge in [-0.2, -0.15) is 17.0 Å². The fourth-order valence-corrected chi connectivity index (χ4v) is 4.03. The molecule has 1 unspecified atom stereocenters. The minimum atomic E-state index is -3.58. The highest BCUT2D eigenvalue weighted by molar-refractivity contribution is 7.86. The second kappa shape index (κ2) is 8.50. The number of rotatable bonds is 10. The van der Waals surface area contributed by atoms with Gasteiger partial charge in [-0.1, -0.05) is 20.8 Å². The van der Waals surface area contributed by atoms with E-state index in [1.54, 1.807) is 13.8 Å². The van der Waals surface area contributed by atoms with E-state index >= 15 is 0 Å². The largest absolute Gasteiger partial charge is 0.481 e. The van der Waals surface area contributed by atoms with Gasteiger partial charge >= 0.3 is 5.97 Å². The van der Waals surface area contributed by atoms with E-state index < -0.39 is 22.2 Å². The van der Waals surface area contributed by atoms with Crippen molar-refractivity contribution in [2.75, 3.05) is 19.6 Å². The van der Waals surface area contributed by atoms with E-state index in [1.807, 2.05) is 13.8 Å². The molecule has 0 amide bonds. The Kier molecular flexibility index (Phi) is 8.20. The summed E-state index contributed by atoms with van der Waals surface area (Å²) in [5.74, 6) is -0.987. The lowest BCUT2D eigenvalue weighted by molar-refractivity contribution is -0.137. The minimum Gasteiger partial charge on any atom is -0.481 e. The fraction of sp³-hybridized carbons (Fsp3) is 0.917. The predicted octanol–water partition coefficient (Wildman–Crippen LogP) is 1.54. The van der Waals surface area contributed by atoms with Gasteiger partial charge in [0.15, 0.2) is 0 Å². The smallest absolute Gasteiger partial charge is 0.304 e. The number of aliphatic carboxylic acids is 1. The van der Waals surface area contributed by atoms with Crippen LogP contribution in [0.3, 0.4) is 0 Å². The SMILES string of the molecule is CCCN(CCC)S(=O)(=O)N(CC)C(C)CC(=O)O. The van der Waals surface area contributed by atoms with Crippen LogP contribution in [0.4, 0.5) is 0 Å². The summed E-state index contributed by atoms with van der Waals surface area (Å²) in [6.07, 6.45) is 1.30. The van der Waals surface area contributed by atoms with Crippen molar-refractivity contribution in [3.05, 3.63) is 0 Å². The second-order valence-corrected chi connectivity index (χ2v) is 6.44. The number of carbonyl (C=O) groups is 1. The molecule has 0 aliphatic heterocycles. The van der Waals surface area contributed by atoms with Gasteiger partial charge in [-0.25, -0.2) is 0 Å². The van der Waals surface area contributed by atoms with Crippen molar-refractivity contribution in [1.29, 1.82) is 0 Å². The fourth-order valence-electron chi connectivity index (χ4n) is 2.05. The van der Waals surface area contributed by atoms with Crippen LogP contribution in [0.25, 0.3) is 0 Å². The molecule has 0 saturated heterocycles. The average Bonchev–Trinajstić information content (AvgIpc) is 2.28. The lowest BCUT2D eigenvalue weighted by Gasteiger charge is -2.32. The van der Waals surface area contributed by atoms with Crippen LogP contribution in [0.15, 0.2) is 0 Å². The van der Waals surface area contributed by atoms with Gasteiger partial charge in [0.25, 0.3) is 10.2 Å². The van der Waals surface area contributed by atoms with E-state index in [9.17, 15) is 13.2 Å². The van der Waals surface area contributed by atoms with Crippen molar-refractivity contribution in [1.82, 2.24) is 8.61 Å². The van der Waals surface area contributed by atoms with E-state index in [4.69, 9.17) is 5.11 Å². The lowest BCUT2D eigenvalue weighted by atomic mass is 10.2. The summed E-state index contributed by atoms with van der Waals surface area (Å²) >= 11 is 0. The second-order valence-electron chi connectivity index (χ2n) is 4.56. The van der Waals surface area contributed by atoms with E-state index in [0.29, 0.717) is 13.1 Å². The molecular formula is C12H26N2O4S. The summed E-state index contributed by atoms with van der Waals surface area (Å²) in [6, 6.07) is -0.538. The molecule has 0 rings (SSSR count). The normalized spacial score (nSPS) is 14.0. The van der Waals surface area contributed by atoms with Gasteiger partial charge in [-0.05, 0) is 19.8 Å². The molecule has 1 N–H and O–H groups in total. The Morgan fingerprint density at radius 2 is 1.63 bits per heavy atom. The molecule has 0 aromatic carbocycles. The molecule has 0 radical (unpaired) electrons. The average molecular weight is 294 g/mol. The van der Waals surface area contributed by atoms with Crippen LogP contribution in [0, 0.1) is 0 Å². The van der Waals surface area contributed by atoms with Crippen molar-refractivity contribution in [2.45, 2.75) is 53.0 Å². The molecule has 0 saturated carbocycles. The Balaban J connectivity index is 5.12. The number of hydrogen-bond donors (Lipinski definition) is 1. The van der Waals surface area contributed by atoms with Crippen molar-refractivity contribution in [3.63, 3.8) is 0 Å². The molecule has 0 fully saturated rings. The van der Waals surface area contributed by atoms with Crippen LogP contribution in [0.2, 0.25) is 0 Å². The minimum absolute atomic E-state index is 0.181. The highest BCUT2D eigenvalue weighted by Crippen LogP contribution is 2.15. The van der Waals surface area contributed by atoms with Crippen LogP contribution in [0.5, 0.6) is 0 Å². The first-order chi connectivity index (χ1) is 8.81. The van der Waals surface area contributed by atoms with Crippen LogP contribution >= 0.6 is 0 Å². The number of nitrogens with zero attached hydrogens (tertiary/aromatic N) is 2. The standard InChI is InChI=1S/C12H26N2O4S/c1-5-8-13(9-6-2)19(17,18)14(7-3)11(4)10-12(15)16/h11H,5-10H2,1-4H3,(H,15,16). The Bertz CT molecular complexity index is 364. The Morgan fingerprint density at radius 3 is 1.95 bits per heavy atom. The molecule has 0 aromatic heterocycles. The summed E-state index contributed by atoms with van der Waals surface area (Å²) in [5, 5.41) is 8.80. The zero-order chi connectivity index (χ0) is 15.1. The Hall–Kier alpha value is -0.660. The quantitative estimate of drug-likeness (QED) is 0.663. The molecule has 7 heteroatoms. The van der Waals surface area contributed by atoms with Gasteiger partial charge in [0, 0.05) is 25.7 Å². The van der Waals surface area contributed by atoms with E-state index in [-0.39, 0.29) is 13.0 Å². The lowest BCUT2D eigenvalue weighted by Crippen LogP contribution is -2.48. The topological polar surface area (TPSA) is 77.9 Å². The third kappa shape index (κ3) is 5.46. The summed E-state index contributed by atoms with van der Waals surface area (Å²) in [7, 11) is -3.58. The van der Waals surface area contributed by atoms with E-state index in [0.717, 1.165) is 12.8 Å². The van der Waals surface area contributed by atoms with E-state index in [2.05, 4.69) is 0 Å². The summed E-state index contributed by atoms with van der Waals surface area (Å²) in [5.41, 5.74) is 0. The zero-order valence-electron chi connectivity index (χ0n) is 12.3. The first-order valence-electron chi connectivity index (χ1n) is 6.79. The highest BCUT2D eigenvalue weighted by atomic mass is 32.2. The van der Waals surface area contributed by atoms with E-state index in [1.165, 1.54) is 8.61 Å². The Labute approximate surface area is 116 Å². The van der Waals surface area contributed by atoms with Crippen LogP contribution in [-0.4, -0.2) is 53.8 Å². The zero-order valence-corrected chi connectivity index (χ0v) is 13.1. The van der Waals surface area contributed by atoms with Crippen molar-refractivity contribution < 1.29 is 18.3 Å². The van der Waals surface area contributed by atoms with Crippen molar-refractivity contribution >= 4 is 16.2 Å². The third-order valence-corrected chi connectivity index (χ3v) is 5.07. The van der Waals surface area contributed by atoms with Crippen LogP contribution < -0.4 is 0 Å². The maximum atomic E-state index is 12.5. The van der Waals surface area contributed by atoms with Crippen LogP contribution in [-0.2, 0) is 15.0 Å². The molecule has 1 atom stereocenters. The number of hydrogen-bond acceptors (Lipinski definition) is 3. The number of carboxylic acid groups (broad SMARTS) is 1. The summed E-state index contributed by atoms with van der Waals surface area (Å²) in [4.78, 5) is 10.7. The molecule has 0 bridgehead atoms. The predicted molar refractivity (Wildman–Crippen MR) is 75.2 cm³/mol. The monoisotopic (exact) mass is 294 g/mol. The van der Waals surface area contributed by atoms with Crippen molar-refractivity contribution in [2.24, 2.45) is 0 Å². The maximum absolute atomic E-state index is 12.5. The van der Waals surface area contributed by atoms with Crippen molar-refractivity contribution in [3.8, 4) is 0 Å². The van der Waals surface area contributed by atoms with Crippen LogP contribution in [0.1, 0.15) is 47.0 Å². The third-order valence-electron chi connectivity index (χ3n) is 2.84. The molecule has 0 spiro atoms. The maximum Gasteiger partial charge on any atom is 0.304 e. The highest BCUT2D eigenvalue weighted by Gasteiger charge is 2.31. The first-order valence-corrected chi connectivity index (χ1v) is 8.19. The number of carboxylic acids is 1. The van der Waals surface area contributed by atoms with Gasteiger partial charge in [-0.3, -0.25) is 4.79 Å². The molecule has 114 valence electrons. The molecule has 0 aliphatic rings. The molecule has 0 heterocycles. The summed E-state index contributed by atoms with van der Waals surface area (Å²) in [6.45, 7) is 8.42. The summed E-state index contributed by atoms with van der Waals surface area (Å²) < 4.78 is 27.8. The molecule has 6 nitrogen and oxygen atoms in total. The molecule has 0 aliphatic carbocycles. The van der Waals surface area contributed by atoms with Gasteiger partial charge < -0.3 is 5.11 Å². The van der Waals surface area contributed by atoms with Gasteiger partial charge in [-0.15, -0.1) is 0 Å². The molecule has 19 heavy (non-hydrogen) atoms. The molecular weight excluding hydrogens is 268 g/mol. The van der Waals surface area contributed by atoms with Gasteiger partial charge in [0.2, 0.25) is 0 Å². The van der Waals surface area contributed by atoms with Gasteiger partial charge in [0.05, 0.1) is 6.42 Å².